The Morgan fingerprint density at radius 1 is 1.18 bits per heavy atom. The van der Waals surface area contributed by atoms with Gasteiger partial charge in [0.05, 0.1) is 0 Å². The Morgan fingerprint density at radius 2 is 1.94 bits per heavy atom. The second kappa shape index (κ2) is 6.36. The molecule has 2 heteroatoms. The van der Waals surface area contributed by atoms with Crippen LogP contribution in [-0.2, 0) is 0 Å². The van der Waals surface area contributed by atoms with Crippen molar-refractivity contribution < 1.29 is 0 Å². The lowest BCUT2D eigenvalue weighted by Gasteiger charge is -2.16. The minimum absolute atomic E-state index is 1.15. The fraction of sp³-hybridized carbons (Fsp3) is 0.467. The van der Waals surface area contributed by atoms with Crippen molar-refractivity contribution in [2.45, 2.75) is 26.2 Å². The minimum atomic E-state index is 1.15. The van der Waals surface area contributed by atoms with Crippen LogP contribution in [0.3, 0.4) is 0 Å². The highest BCUT2D eigenvalue weighted by molar-refractivity contribution is 9.10. The Bertz CT molecular complexity index is 380. The Kier molecular flexibility index (Phi) is 4.81. The molecule has 1 aliphatic rings. The number of hydrogen-bond donors (Lipinski definition) is 0. The molecule has 1 aromatic rings. The van der Waals surface area contributed by atoms with Crippen LogP contribution in [0, 0.1) is 0 Å². The third kappa shape index (κ3) is 3.97. The zero-order chi connectivity index (χ0) is 12.1. The van der Waals surface area contributed by atoms with E-state index in [-0.39, 0.29) is 0 Å². The fourth-order valence-electron chi connectivity index (χ4n) is 2.32. The second-order valence-corrected chi connectivity index (χ2v) is 5.56. The summed E-state index contributed by atoms with van der Waals surface area (Å²) in [7, 11) is 0. The summed E-state index contributed by atoms with van der Waals surface area (Å²) < 4.78 is 1.15. The summed E-state index contributed by atoms with van der Waals surface area (Å²) in [6.07, 6.45) is 6.15. The molecule has 0 spiro atoms. The van der Waals surface area contributed by atoms with E-state index in [1.54, 1.807) is 5.57 Å². The molecular weight excluding hydrogens is 274 g/mol. The van der Waals surface area contributed by atoms with Crippen LogP contribution in [0.15, 0.2) is 34.3 Å². The predicted molar refractivity (Wildman–Crippen MR) is 78.1 cm³/mol. The van der Waals surface area contributed by atoms with E-state index in [2.05, 4.69) is 58.1 Å². The van der Waals surface area contributed by atoms with Crippen molar-refractivity contribution >= 4 is 22.0 Å². The Hall–Kier alpha value is -0.600. The van der Waals surface area contributed by atoms with Crippen LogP contribution in [0.1, 0.15) is 31.7 Å². The van der Waals surface area contributed by atoms with E-state index in [9.17, 15) is 0 Å². The zero-order valence-electron chi connectivity index (χ0n) is 10.5. The van der Waals surface area contributed by atoms with Crippen LogP contribution in [0.4, 0.5) is 0 Å². The van der Waals surface area contributed by atoms with Crippen LogP contribution >= 0.6 is 15.9 Å². The van der Waals surface area contributed by atoms with Gasteiger partial charge < -0.3 is 4.90 Å². The Balaban J connectivity index is 2.04. The molecule has 0 atom stereocenters. The molecule has 0 radical (unpaired) electrons. The summed E-state index contributed by atoms with van der Waals surface area (Å²) in [6, 6.07) is 8.59. The zero-order valence-corrected chi connectivity index (χ0v) is 12.0. The van der Waals surface area contributed by atoms with Gasteiger partial charge in [-0.3, -0.25) is 0 Å². The summed E-state index contributed by atoms with van der Waals surface area (Å²) in [5.74, 6) is 0. The van der Waals surface area contributed by atoms with E-state index in [1.807, 2.05) is 0 Å². The monoisotopic (exact) mass is 293 g/mol. The first kappa shape index (κ1) is 12.8. The largest absolute Gasteiger partial charge is 0.303 e. The van der Waals surface area contributed by atoms with Gasteiger partial charge in [-0.2, -0.15) is 0 Å². The summed E-state index contributed by atoms with van der Waals surface area (Å²) in [6.45, 7) is 5.92. The maximum Gasteiger partial charge on any atom is 0.0175 e. The molecular formula is C15H20BrN. The second-order valence-electron chi connectivity index (χ2n) is 4.64. The smallest absolute Gasteiger partial charge is 0.0175 e. The summed E-state index contributed by atoms with van der Waals surface area (Å²) in [5.41, 5.74) is 2.93. The molecule has 92 valence electrons. The van der Waals surface area contributed by atoms with Gasteiger partial charge in [0, 0.05) is 11.0 Å². The SMILES string of the molecule is CCN1CCC/C(=C\c2ccc(Br)cc2)CC1. The van der Waals surface area contributed by atoms with Crippen molar-refractivity contribution in [3.05, 3.63) is 39.9 Å². The number of likely N-dealkylation sites (tertiary alicyclic amines) is 1. The summed E-state index contributed by atoms with van der Waals surface area (Å²) in [5, 5.41) is 0. The number of halogens is 1. The molecule has 17 heavy (non-hydrogen) atoms. The van der Waals surface area contributed by atoms with Crippen molar-refractivity contribution in [3.8, 4) is 0 Å². The van der Waals surface area contributed by atoms with Crippen molar-refractivity contribution in [2.75, 3.05) is 19.6 Å². The maximum absolute atomic E-state index is 3.47. The lowest BCUT2D eigenvalue weighted by molar-refractivity contribution is 0.302. The molecule has 2 rings (SSSR count). The summed E-state index contributed by atoms with van der Waals surface area (Å²) in [4.78, 5) is 2.54. The van der Waals surface area contributed by atoms with Gasteiger partial charge in [0.15, 0.2) is 0 Å². The van der Waals surface area contributed by atoms with E-state index >= 15 is 0 Å². The molecule has 1 heterocycles. The van der Waals surface area contributed by atoms with Gasteiger partial charge in [-0.25, -0.2) is 0 Å². The van der Waals surface area contributed by atoms with Crippen LogP contribution in [0.2, 0.25) is 0 Å². The maximum atomic E-state index is 3.47. The molecule has 0 aromatic heterocycles. The van der Waals surface area contributed by atoms with Gasteiger partial charge in [0.1, 0.15) is 0 Å². The van der Waals surface area contributed by atoms with E-state index < -0.39 is 0 Å². The topological polar surface area (TPSA) is 3.24 Å². The molecule has 0 N–H and O–H groups in total. The van der Waals surface area contributed by atoms with Gasteiger partial charge in [-0.15, -0.1) is 0 Å². The normalized spacial score (nSPS) is 20.5. The number of benzene rings is 1. The molecule has 0 aliphatic carbocycles. The molecule has 0 bridgehead atoms. The fourth-order valence-corrected chi connectivity index (χ4v) is 2.59. The lowest BCUT2D eigenvalue weighted by atomic mass is 10.0. The number of nitrogens with zero attached hydrogens (tertiary/aromatic N) is 1. The van der Waals surface area contributed by atoms with Crippen LogP contribution in [0.25, 0.3) is 6.08 Å². The highest BCUT2D eigenvalue weighted by Gasteiger charge is 2.09. The van der Waals surface area contributed by atoms with Crippen LogP contribution in [0.5, 0.6) is 0 Å². The highest BCUT2D eigenvalue weighted by atomic mass is 79.9. The van der Waals surface area contributed by atoms with Gasteiger partial charge in [0.2, 0.25) is 0 Å². The van der Waals surface area contributed by atoms with Crippen LogP contribution in [-0.4, -0.2) is 24.5 Å². The lowest BCUT2D eigenvalue weighted by Crippen LogP contribution is -2.23. The van der Waals surface area contributed by atoms with Crippen molar-refractivity contribution in [2.24, 2.45) is 0 Å². The molecule has 1 aliphatic heterocycles. The molecule has 0 saturated carbocycles. The third-order valence-electron chi connectivity index (χ3n) is 3.41. The van der Waals surface area contributed by atoms with E-state index in [1.165, 1.54) is 44.5 Å². The Labute approximate surface area is 113 Å². The molecule has 1 saturated heterocycles. The average molecular weight is 294 g/mol. The van der Waals surface area contributed by atoms with E-state index in [0.717, 1.165) is 4.47 Å². The molecule has 1 fully saturated rings. The van der Waals surface area contributed by atoms with E-state index in [4.69, 9.17) is 0 Å². The van der Waals surface area contributed by atoms with Gasteiger partial charge >= 0.3 is 0 Å². The minimum Gasteiger partial charge on any atom is -0.303 e. The van der Waals surface area contributed by atoms with Gasteiger partial charge in [-0.1, -0.05) is 46.6 Å². The highest BCUT2D eigenvalue weighted by Crippen LogP contribution is 2.20. The van der Waals surface area contributed by atoms with E-state index in [0.29, 0.717) is 0 Å². The number of hydrogen-bond acceptors (Lipinski definition) is 1. The molecule has 0 unspecified atom stereocenters. The Morgan fingerprint density at radius 3 is 2.65 bits per heavy atom. The first-order valence-corrected chi connectivity index (χ1v) is 7.24. The van der Waals surface area contributed by atoms with Gasteiger partial charge in [0.25, 0.3) is 0 Å². The molecule has 0 amide bonds. The van der Waals surface area contributed by atoms with Gasteiger partial charge in [-0.05, 0) is 50.0 Å². The third-order valence-corrected chi connectivity index (χ3v) is 3.94. The predicted octanol–water partition coefficient (Wildman–Crippen LogP) is 4.34. The summed E-state index contributed by atoms with van der Waals surface area (Å²) >= 11 is 3.47. The number of rotatable bonds is 2. The average Bonchev–Trinajstić information content (AvgIpc) is 2.57. The van der Waals surface area contributed by atoms with Crippen molar-refractivity contribution in [1.29, 1.82) is 0 Å². The first-order chi connectivity index (χ1) is 8.28. The molecule has 1 nitrogen and oxygen atoms in total. The quantitative estimate of drug-likeness (QED) is 0.784. The van der Waals surface area contributed by atoms with Crippen molar-refractivity contribution in [3.63, 3.8) is 0 Å². The standard InChI is InChI=1S/C15H20BrN/c1-2-17-10-3-4-13(9-11-17)12-14-5-7-15(16)8-6-14/h5-8,12H,2-4,9-11H2,1H3/b13-12+. The molecule has 1 aromatic carbocycles. The van der Waals surface area contributed by atoms with Crippen LogP contribution < -0.4 is 0 Å². The van der Waals surface area contributed by atoms with Crippen molar-refractivity contribution in [1.82, 2.24) is 4.90 Å². The first-order valence-electron chi connectivity index (χ1n) is 6.45.